The lowest BCUT2D eigenvalue weighted by Crippen LogP contribution is -2.49. The Hall–Kier alpha value is -3.59. The van der Waals surface area contributed by atoms with Gasteiger partial charge in [-0.15, -0.1) is 0 Å². The molecular formula is C23H24ClN5O4. The number of carbonyl (C=O) groups excluding carboxylic acids is 1. The number of nitrogens with zero attached hydrogens (tertiary/aromatic N) is 5. The fourth-order valence-corrected chi connectivity index (χ4v) is 3.92. The number of methoxy groups -OCH3 is 3. The van der Waals surface area contributed by atoms with Gasteiger partial charge >= 0.3 is 0 Å². The van der Waals surface area contributed by atoms with Crippen LogP contribution in [0.15, 0.2) is 42.7 Å². The summed E-state index contributed by atoms with van der Waals surface area (Å²) in [5, 5.41) is 0.214. The van der Waals surface area contributed by atoms with Crippen LogP contribution in [0.25, 0.3) is 11.3 Å². The Labute approximate surface area is 196 Å². The molecule has 1 aliphatic heterocycles. The fraction of sp³-hybridized carbons (Fsp3) is 0.304. The molecule has 10 heteroatoms. The standard InChI is InChI=1S/C23H24ClN5O4/c1-31-18-13-15(14-19(32-2)20(18)33-3)17-6-8-26-23(27-17)29-11-9-28(10-12-29)22(30)16-5-4-7-25-21(16)24/h4-8,13-14H,9-12H2,1-3H3. The number of aromatic nitrogens is 3. The molecule has 4 rings (SSSR count). The van der Waals surface area contributed by atoms with E-state index in [4.69, 9.17) is 30.8 Å². The van der Waals surface area contributed by atoms with Crippen molar-refractivity contribution < 1.29 is 19.0 Å². The van der Waals surface area contributed by atoms with Crippen LogP contribution < -0.4 is 19.1 Å². The lowest BCUT2D eigenvalue weighted by Gasteiger charge is -2.34. The Balaban J connectivity index is 1.52. The van der Waals surface area contributed by atoms with Gasteiger partial charge in [0.15, 0.2) is 11.5 Å². The van der Waals surface area contributed by atoms with E-state index in [2.05, 4.69) is 14.9 Å². The zero-order valence-electron chi connectivity index (χ0n) is 18.6. The van der Waals surface area contributed by atoms with Crippen molar-refractivity contribution in [1.29, 1.82) is 0 Å². The predicted octanol–water partition coefficient (Wildman–Crippen LogP) is 3.18. The van der Waals surface area contributed by atoms with Crippen molar-refractivity contribution >= 4 is 23.5 Å². The summed E-state index contributed by atoms with van der Waals surface area (Å²) in [6.07, 6.45) is 3.28. The van der Waals surface area contributed by atoms with Crippen LogP contribution >= 0.6 is 11.6 Å². The van der Waals surface area contributed by atoms with E-state index in [0.717, 1.165) is 11.3 Å². The van der Waals surface area contributed by atoms with E-state index in [0.29, 0.717) is 54.9 Å². The van der Waals surface area contributed by atoms with Crippen molar-refractivity contribution in [3.8, 4) is 28.5 Å². The summed E-state index contributed by atoms with van der Waals surface area (Å²) in [6.45, 7) is 2.26. The van der Waals surface area contributed by atoms with Crippen LogP contribution in [-0.4, -0.2) is 73.3 Å². The van der Waals surface area contributed by atoms with Crippen LogP contribution in [0.3, 0.4) is 0 Å². The summed E-state index contributed by atoms with van der Waals surface area (Å²) in [6, 6.07) is 8.92. The first kappa shape index (κ1) is 22.6. The molecule has 0 unspecified atom stereocenters. The van der Waals surface area contributed by atoms with Crippen molar-refractivity contribution in [2.24, 2.45) is 0 Å². The maximum Gasteiger partial charge on any atom is 0.257 e. The minimum absolute atomic E-state index is 0.125. The molecule has 0 saturated carbocycles. The van der Waals surface area contributed by atoms with Crippen LogP contribution in [-0.2, 0) is 0 Å². The molecule has 3 aromatic rings. The molecule has 172 valence electrons. The molecule has 0 spiro atoms. The largest absolute Gasteiger partial charge is 0.493 e. The highest BCUT2D eigenvalue weighted by Crippen LogP contribution is 2.40. The minimum atomic E-state index is -0.125. The van der Waals surface area contributed by atoms with Gasteiger partial charge in [0.25, 0.3) is 5.91 Å². The van der Waals surface area contributed by atoms with E-state index in [1.54, 1.807) is 50.8 Å². The average molecular weight is 470 g/mol. The summed E-state index contributed by atoms with van der Waals surface area (Å²) in [7, 11) is 4.72. The molecule has 3 heterocycles. The van der Waals surface area contributed by atoms with Gasteiger partial charge in [0.05, 0.1) is 32.6 Å². The number of hydrogen-bond donors (Lipinski definition) is 0. The average Bonchev–Trinajstić information content (AvgIpc) is 2.87. The third-order valence-corrected chi connectivity index (χ3v) is 5.74. The monoisotopic (exact) mass is 469 g/mol. The van der Waals surface area contributed by atoms with E-state index in [1.807, 2.05) is 18.2 Å². The maximum atomic E-state index is 12.8. The molecule has 0 N–H and O–H groups in total. The number of anilines is 1. The predicted molar refractivity (Wildman–Crippen MR) is 124 cm³/mol. The number of ether oxygens (including phenoxy) is 3. The molecule has 0 aliphatic carbocycles. The van der Waals surface area contributed by atoms with Gasteiger partial charge < -0.3 is 24.0 Å². The normalized spacial score (nSPS) is 13.6. The summed E-state index contributed by atoms with van der Waals surface area (Å²) in [5.74, 6) is 2.08. The maximum absolute atomic E-state index is 12.8. The summed E-state index contributed by atoms with van der Waals surface area (Å²) in [5.41, 5.74) is 1.95. The molecule has 9 nitrogen and oxygen atoms in total. The number of carbonyl (C=O) groups is 1. The molecule has 0 radical (unpaired) electrons. The van der Waals surface area contributed by atoms with Gasteiger partial charge in [0.2, 0.25) is 11.7 Å². The van der Waals surface area contributed by atoms with Crippen LogP contribution in [0, 0.1) is 0 Å². The topological polar surface area (TPSA) is 89.9 Å². The molecule has 1 fully saturated rings. The fourth-order valence-electron chi connectivity index (χ4n) is 3.72. The highest BCUT2D eigenvalue weighted by Gasteiger charge is 2.25. The quantitative estimate of drug-likeness (QED) is 0.508. The van der Waals surface area contributed by atoms with Gasteiger partial charge in [0, 0.05) is 44.1 Å². The smallest absolute Gasteiger partial charge is 0.257 e. The Bertz CT molecular complexity index is 1130. The zero-order chi connectivity index (χ0) is 23.4. The Kier molecular flexibility index (Phi) is 6.79. The third-order valence-electron chi connectivity index (χ3n) is 5.44. The molecular weight excluding hydrogens is 446 g/mol. The van der Waals surface area contributed by atoms with E-state index >= 15 is 0 Å². The van der Waals surface area contributed by atoms with Gasteiger partial charge in [-0.1, -0.05) is 11.6 Å². The lowest BCUT2D eigenvalue weighted by atomic mass is 10.1. The number of rotatable bonds is 6. The van der Waals surface area contributed by atoms with Gasteiger partial charge in [-0.2, -0.15) is 0 Å². The SMILES string of the molecule is COc1cc(-c2ccnc(N3CCN(C(=O)c4cccnc4Cl)CC3)n2)cc(OC)c1OC. The zero-order valence-corrected chi connectivity index (χ0v) is 19.4. The summed E-state index contributed by atoms with van der Waals surface area (Å²) >= 11 is 6.09. The Morgan fingerprint density at radius 1 is 0.939 bits per heavy atom. The van der Waals surface area contributed by atoms with Gasteiger partial charge in [-0.3, -0.25) is 4.79 Å². The Morgan fingerprint density at radius 2 is 1.64 bits per heavy atom. The third kappa shape index (κ3) is 4.63. The molecule has 2 aromatic heterocycles. The first-order valence-corrected chi connectivity index (χ1v) is 10.7. The lowest BCUT2D eigenvalue weighted by molar-refractivity contribution is 0.0746. The van der Waals surface area contributed by atoms with Crippen LogP contribution in [0.5, 0.6) is 17.2 Å². The number of pyridine rings is 1. The second kappa shape index (κ2) is 9.91. The van der Waals surface area contributed by atoms with Crippen molar-refractivity contribution in [1.82, 2.24) is 19.9 Å². The Morgan fingerprint density at radius 3 is 2.24 bits per heavy atom. The number of hydrogen-bond acceptors (Lipinski definition) is 8. The molecule has 0 bridgehead atoms. The van der Waals surface area contributed by atoms with Crippen LogP contribution in [0.1, 0.15) is 10.4 Å². The second-order valence-corrected chi connectivity index (χ2v) is 7.63. The molecule has 1 aromatic carbocycles. The minimum Gasteiger partial charge on any atom is -0.493 e. The van der Waals surface area contributed by atoms with Crippen LogP contribution in [0.2, 0.25) is 5.15 Å². The van der Waals surface area contributed by atoms with Crippen molar-refractivity contribution in [3.05, 3.63) is 53.4 Å². The van der Waals surface area contributed by atoms with Crippen molar-refractivity contribution in [2.45, 2.75) is 0 Å². The van der Waals surface area contributed by atoms with Gasteiger partial charge in [-0.25, -0.2) is 15.0 Å². The number of amides is 1. The first-order valence-electron chi connectivity index (χ1n) is 10.3. The summed E-state index contributed by atoms with van der Waals surface area (Å²) < 4.78 is 16.3. The number of piperazine rings is 1. The highest BCUT2D eigenvalue weighted by molar-refractivity contribution is 6.32. The van der Waals surface area contributed by atoms with Crippen molar-refractivity contribution in [2.75, 3.05) is 52.4 Å². The molecule has 33 heavy (non-hydrogen) atoms. The molecule has 1 aliphatic rings. The number of benzene rings is 1. The van der Waals surface area contributed by atoms with Gasteiger partial charge in [0.1, 0.15) is 5.15 Å². The first-order chi connectivity index (χ1) is 16.0. The molecule has 0 atom stereocenters. The van der Waals surface area contributed by atoms with Gasteiger partial charge in [-0.05, 0) is 30.3 Å². The van der Waals surface area contributed by atoms with Crippen LogP contribution in [0.4, 0.5) is 5.95 Å². The number of halogens is 1. The molecule has 1 saturated heterocycles. The summed E-state index contributed by atoms with van der Waals surface area (Å²) in [4.78, 5) is 29.8. The van der Waals surface area contributed by atoms with Crippen molar-refractivity contribution in [3.63, 3.8) is 0 Å². The van der Waals surface area contributed by atoms with E-state index in [1.165, 1.54) is 0 Å². The molecule has 1 amide bonds. The van der Waals surface area contributed by atoms with E-state index in [9.17, 15) is 4.79 Å². The van der Waals surface area contributed by atoms with E-state index < -0.39 is 0 Å². The highest BCUT2D eigenvalue weighted by atomic mass is 35.5. The second-order valence-electron chi connectivity index (χ2n) is 7.28. The van der Waals surface area contributed by atoms with E-state index in [-0.39, 0.29) is 11.1 Å².